The molecule has 1 N–H and O–H groups in total. The van der Waals surface area contributed by atoms with Crippen molar-refractivity contribution in [2.45, 2.75) is 0 Å². The van der Waals surface area contributed by atoms with Crippen molar-refractivity contribution < 1.29 is 13.2 Å². The first-order valence-corrected chi connectivity index (χ1v) is 10.1. The Bertz CT molecular complexity index is 1050. The van der Waals surface area contributed by atoms with Crippen molar-refractivity contribution in [2.75, 3.05) is 22.9 Å². The third-order valence-electron chi connectivity index (χ3n) is 4.11. The van der Waals surface area contributed by atoms with Gasteiger partial charge in [-0.05, 0) is 35.4 Å². The van der Waals surface area contributed by atoms with Crippen molar-refractivity contribution in [2.24, 2.45) is 0 Å². The van der Waals surface area contributed by atoms with E-state index < -0.39 is 10.0 Å². The molecule has 3 aromatic rings. The first-order valence-electron chi connectivity index (χ1n) is 8.21. The highest BCUT2D eigenvalue weighted by Crippen LogP contribution is 2.32. The predicted octanol–water partition coefficient (Wildman–Crippen LogP) is 3.40. The molecule has 0 aliphatic carbocycles. The molecule has 0 bridgehead atoms. The van der Waals surface area contributed by atoms with Crippen LogP contribution in [0.25, 0.3) is 11.1 Å². The Balaban J connectivity index is 2.05. The number of aromatic nitrogens is 1. The molecule has 6 nitrogen and oxygen atoms in total. The predicted molar refractivity (Wildman–Crippen MR) is 107 cm³/mol. The molecule has 0 spiro atoms. The summed E-state index contributed by atoms with van der Waals surface area (Å²) in [5, 5.41) is 2.80. The SMILES string of the molecule is CN(c1ccc(-c2ccccc2)cc1NC(=O)c1cccnc1)S(C)(=O)=O. The molecule has 0 aliphatic heterocycles. The van der Waals surface area contributed by atoms with Gasteiger partial charge in [0.05, 0.1) is 23.2 Å². The zero-order valence-electron chi connectivity index (χ0n) is 15.0. The van der Waals surface area contributed by atoms with Gasteiger partial charge in [-0.3, -0.25) is 14.1 Å². The molecule has 0 fully saturated rings. The molecule has 0 saturated carbocycles. The molecule has 2 aromatic carbocycles. The Morgan fingerprint density at radius 2 is 1.74 bits per heavy atom. The number of nitrogens with zero attached hydrogens (tertiary/aromatic N) is 2. The summed E-state index contributed by atoms with van der Waals surface area (Å²) < 4.78 is 25.1. The van der Waals surface area contributed by atoms with Crippen LogP contribution in [0.15, 0.2) is 73.1 Å². The van der Waals surface area contributed by atoms with Crippen LogP contribution in [0.1, 0.15) is 10.4 Å². The lowest BCUT2D eigenvalue weighted by atomic mass is 10.0. The Labute approximate surface area is 158 Å². The van der Waals surface area contributed by atoms with Crippen molar-refractivity contribution in [1.29, 1.82) is 0 Å². The van der Waals surface area contributed by atoms with Gasteiger partial charge in [0.2, 0.25) is 10.0 Å². The topological polar surface area (TPSA) is 79.4 Å². The number of hydrogen-bond donors (Lipinski definition) is 1. The van der Waals surface area contributed by atoms with Gasteiger partial charge in [0.1, 0.15) is 0 Å². The average molecular weight is 381 g/mol. The van der Waals surface area contributed by atoms with E-state index >= 15 is 0 Å². The van der Waals surface area contributed by atoms with Gasteiger partial charge in [-0.2, -0.15) is 0 Å². The second-order valence-electron chi connectivity index (χ2n) is 6.02. The lowest BCUT2D eigenvalue weighted by Crippen LogP contribution is -2.26. The highest BCUT2D eigenvalue weighted by atomic mass is 32.2. The highest BCUT2D eigenvalue weighted by molar-refractivity contribution is 7.92. The van der Waals surface area contributed by atoms with Gasteiger partial charge in [-0.25, -0.2) is 8.42 Å². The van der Waals surface area contributed by atoms with Gasteiger partial charge in [0.15, 0.2) is 0 Å². The first kappa shape index (κ1) is 18.6. The maximum absolute atomic E-state index is 12.6. The van der Waals surface area contributed by atoms with Crippen molar-refractivity contribution in [3.05, 3.63) is 78.6 Å². The molecular weight excluding hydrogens is 362 g/mol. The van der Waals surface area contributed by atoms with E-state index in [0.717, 1.165) is 21.7 Å². The van der Waals surface area contributed by atoms with E-state index in [4.69, 9.17) is 0 Å². The van der Waals surface area contributed by atoms with Crippen molar-refractivity contribution >= 4 is 27.3 Å². The maximum Gasteiger partial charge on any atom is 0.257 e. The van der Waals surface area contributed by atoms with Crippen LogP contribution in [0.2, 0.25) is 0 Å². The second kappa shape index (κ2) is 7.59. The number of anilines is 2. The van der Waals surface area contributed by atoms with Crippen molar-refractivity contribution in [3.8, 4) is 11.1 Å². The molecule has 27 heavy (non-hydrogen) atoms. The molecule has 1 aromatic heterocycles. The zero-order valence-corrected chi connectivity index (χ0v) is 15.8. The number of amides is 1. The highest BCUT2D eigenvalue weighted by Gasteiger charge is 2.18. The fourth-order valence-electron chi connectivity index (χ4n) is 2.59. The molecule has 0 radical (unpaired) electrons. The summed E-state index contributed by atoms with van der Waals surface area (Å²) in [5.41, 5.74) is 2.99. The van der Waals surface area contributed by atoms with Crippen LogP contribution in [0.5, 0.6) is 0 Å². The summed E-state index contributed by atoms with van der Waals surface area (Å²) in [7, 11) is -2.04. The lowest BCUT2D eigenvalue weighted by Gasteiger charge is -2.21. The van der Waals surface area contributed by atoms with Crippen LogP contribution in [0.4, 0.5) is 11.4 Å². The normalized spacial score (nSPS) is 11.0. The number of pyridine rings is 1. The van der Waals surface area contributed by atoms with Crippen LogP contribution in [0, 0.1) is 0 Å². The minimum Gasteiger partial charge on any atom is -0.320 e. The Hall–Kier alpha value is -3.19. The van der Waals surface area contributed by atoms with Crippen LogP contribution < -0.4 is 9.62 Å². The van der Waals surface area contributed by atoms with E-state index in [1.54, 1.807) is 30.5 Å². The summed E-state index contributed by atoms with van der Waals surface area (Å²) in [6.07, 6.45) is 4.15. The van der Waals surface area contributed by atoms with Gasteiger partial charge < -0.3 is 5.32 Å². The molecule has 1 amide bonds. The Morgan fingerprint density at radius 1 is 1.00 bits per heavy atom. The van der Waals surface area contributed by atoms with Crippen molar-refractivity contribution in [3.63, 3.8) is 0 Å². The maximum atomic E-state index is 12.6. The molecule has 0 aliphatic rings. The summed E-state index contributed by atoms with van der Waals surface area (Å²) >= 11 is 0. The number of sulfonamides is 1. The smallest absolute Gasteiger partial charge is 0.257 e. The number of carbonyl (C=O) groups excluding carboxylic acids is 1. The van der Waals surface area contributed by atoms with E-state index in [9.17, 15) is 13.2 Å². The van der Waals surface area contributed by atoms with Gasteiger partial charge in [-0.1, -0.05) is 36.4 Å². The fraction of sp³-hybridized carbons (Fsp3) is 0.100. The fourth-order valence-corrected chi connectivity index (χ4v) is 3.11. The standard InChI is InChI=1S/C20H19N3O3S/c1-23(27(2,25)26)19-11-10-16(15-7-4-3-5-8-15)13-18(19)22-20(24)17-9-6-12-21-14-17/h3-14H,1-2H3,(H,22,24). The van der Waals surface area contributed by atoms with Gasteiger partial charge in [0, 0.05) is 19.4 Å². The Kier molecular flexibility index (Phi) is 5.23. The minimum atomic E-state index is -3.49. The van der Waals surface area contributed by atoms with Crippen molar-refractivity contribution in [1.82, 2.24) is 4.98 Å². The van der Waals surface area contributed by atoms with Crippen LogP contribution in [-0.4, -0.2) is 32.6 Å². The lowest BCUT2D eigenvalue weighted by molar-refractivity contribution is 0.102. The van der Waals surface area contributed by atoms with Gasteiger partial charge in [0.25, 0.3) is 5.91 Å². The van der Waals surface area contributed by atoms with Crippen LogP contribution in [0.3, 0.4) is 0 Å². The Morgan fingerprint density at radius 3 is 2.37 bits per heavy atom. The second-order valence-corrected chi connectivity index (χ2v) is 8.04. The molecular formula is C20H19N3O3S. The number of hydrogen-bond acceptors (Lipinski definition) is 4. The quantitative estimate of drug-likeness (QED) is 0.735. The largest absolute Gasteiger partial charge is 0.320 e. The molecule has 0 atom stereocenters. The van der Waals surface area contributed by atoms with Crippen LogP contribution >= 0.6 is 0 Å². The third kappa shape index (κ3) is 4.32. The first-order chi connectivity index (χ1) is 12.9. The van der Waals surface area contributed by atoms with Gasteiger partial charge >= 0.3 is 0 Å². The number of rotatable bonds is 5. The zero-order chi connectivity index (χ0) is 19.4. The molecule has 0 saturated heterocycles. The number of nitrogens with one attached hydrogen (secondary N) is 1. The summed E-state index contributed by atoms with van der Waals surface area (Å²) in [6, 6.07) is 18.2. The van der Waals surface area contributed by atoms with E-state index in [0.29, 0.717) is 16.9 Å². The van der Waals surface area contributed by atoms with E-state index in [1.807, 2.05) is 36.4 Å². The monoisotopic (exact) mass is 381 g/mol. The number of benzene rings is 2. The molecule has 0 unspecified atom stereocenters. The molecule has 1 heterocycles. The number of carbonyl (C=O) groups is 1. The average Bonchev–Trinajstić information content (AvgIpc) is 2.68. The summed E-state index contributed by atoms with van der Waals surface area (Å²) in [4.78, 5) is 16.5. The summed E-state index contributed by atoms with van der Waals surface area (Å²) in [5.74, 6) is -0.364. The van der Waals surface area contributed by atoms with E-state index in [2.05, 4.69) is 10.3 Å². The third-order valence-corrected chi connectivity index (χ3v) is 5.30. The minimum absolute atomic E-state index is 0.364. The molecule has 7 heteroatoms. The van der Waals surface area contributed by atoms with E-state index in [-0.39, 0.29) is 5.91 Å². The molecule has 138 valence electrons. The van der Waals surface area contributed by atoms with E-state index in [1.165, 1.54) is 13.2 Å². The van der Waals surface area contributed by atoms with Crippen LogP contribution in [-0.2, 0) is 10.0 Å². The summed E-state index contributed by atoms with van der Waals surface area (Å²) in [6.45, 7) is 0. The molecule has 3 rings (SSSR count). The van der Waals surface area contributed by atoms with Gasteiger partial charge in [-0.15, -0.1) is 0 Å².